The van der Waals surface area contributed by atoms with Crippen LogP contribution in [0.4, 0.5) is 10.8 Å². The molecule has 0 saturated heterocycles. The molecular formula is C29H34N4O4S. The van der Waals surface area contributed by atoms with E-state index < -0.39 is 6.04 Å². The van der Waals surface area contributed by atoms with Gasteiger partial charge in [0.25, 0.3) is 0 Å². The number of carbonyl (C=O) groups is 3. The molecule has 1 atom stereocenters. The minimum Gasteiger partial charge on any atom is -0.497 e. The van der Waals surface area contributed by atoms with E-state index in [2.05, 4.69) is 15.6 Å². The van der Waals surface area contributed by atoms with Gasteiger partial charge in [0.2, 0.25) is 17.7 Å². The van der Waals surface area contributed by atoms with E-state index in [0.29, 0.717) is 22.1 Å². The van der Waals surface area contributed by atoms with Crippen molar-refractivity contribution in [2.75, 3.05) is 17.3 Å². The van der Waals surface area contributed by atoms with E-state index in [1.54, 1.807) is 30.8 Å². The maximum atomic E-state index is 13.9. The molecule has 1 fully saturated rings. The summed E-state index contributed by atoms with van der Waals surface area (Å²) in [7, 11) is 1.58. The van der Waals surface area contributed by atoms with Crippen molar-refractivity contribution in [2.24, 2.45) is 0 Å². The number of rotatable bonds is 10. The Balaban J connectivity index is 1.64. The molecule has 1 aromatic heterocycles. The summed E-state index contributed by atoms with van der Waals surface area (Å²) in [6, 6.07) is 13.9. The minimum atomic E-state index is -0.903. The molecule has 0 radical (unpaired) electrons. The van der Waals surface area contributed by atoms with Gasteiger partial charge in [-0.15, -0.1) is 11.3 Å². The van der Waals surface area contributed by atoms with E-state index in [-0.39, 0.29) is 36.6 Å². The summed E-state index contributed by atoms with van der Waals surface area (Å²) in [4.78, 5) is 45.8. The molecule has 9 heteroatoms. The number of nitrogens with zero attached hydrogens (tertiary/aromatic N) is 2. The molecule has 2 aromatic carbocycles. The lowest BCUT2D eigenvalue weighted by Crippen LogP contribution is -2.47. The third kappa shape index (κ3) is 7.19. The van der Waals surface area contributed by atoms with Crippen LogP contribution in [0, 0.1) is 6.92 Å². The number of carbonyl (C=O) groups excluding carboxylic acids is 3. The maximum absolute atomic E-state index is 13.9. The summed E-state index contributed by atoms with van der Waals surface area (Å²) in [6.45, 7) is 1.97. The Bertz CT molecular complexity index is 1210. The van der Waals surface area contributed by atoms with E-state index in [0.717, 1.165) is 31.2 Å². The predicted molar refractivity (Wildman–Crippen MR) is 149 cm³/mol. The Morgan fingerprint density at radius 3 is 2.37 bits per heavy atom. The van der Waals surface area contributed by atoms with E-state index in [1.807, 2.05) is 43.3 Å². The summed E-state index contributed by atoms with van der Waals surface area (Å²) in [5.74, 6) is -0.192. The summed E-state index contributed by atoms with van der Waals surface area (Å²) >= 11 is 1.31. The molecule has 2 N–H and O–H groups in total. The topological polar surface area (TPSA) is 101 Å². The van der Waals surface area contributed by atoms with E-state index >= 15 is 0 Å². The predicted octanol–water partition coefficient (Wildman–Crippen LogP) is 5.40. The normalized spacial score (nSPS) is 14.4. The second-order valence-corrected chi connectivity index (χ2v) is 10.4. The Kier molecular flexibility index (Phi) is 9.48. The molecule has 1 aliphatic carbocycles. The first-order valence-electron chi connectivity index (χ1n) is 13.0. The largest absolute Gasteiger partial charge is 0.497 e. The Hall–Kier alpha value is -3.72. The first kappa shape index (κ1) is 27.3. The van der Waals surface area contributed by atoms with Crippen LogP contribution >= 0.6 is 11.3 Å². The van der Waals surface area contributed by atoms with Crippen LogP contribution in [-0.4, -0.2) is 35.9 Å². The standard InChI is InChI=1S/C29H34N4O4S/c1-20-8-12-23(13-9-20)33(26(35)17-16-25(34)32-29-30-18-19-38-29)27(21-10-14-24(37-2)15-11-21)28(36)31-22-6-4-3-5-7-22/h8-15,18-19,22,27H,3-7,16-17H2,1-2H3,(H,31,36)(H,30,32,34). The molecule has 0 aliphatic heterocycles. The van der Waals surface area contributed by atoms with Crippen molar-refractivity contribution in [3.05, 3.63) is 71.2 Å². The van der Waals surface area contributed by atoms with Gasteiger partial charge in [0.1, 0.15) is 11.8 Å². The fourth-order valence-electron chi connectivity index (χ4n) is 4.68. The Morgan fingerprint density at radius 2 is 1.74 bits per heavy atom. The molecule has 38 heavy (non-hydrogen) atoms. The average Bonchev–Trinajstić information content (AvgIpc) is 3.44. The lowest BCUT2D eigenvalue weighted by atomic mass is 9.94. The smallest absolute Gasteiger partial charge is 0.248 e. The summed E-state index contributed by atoms with van der Waals surface area (Å²) in [5.41, 5.74) is 2.30. The number of hydrogen-bond donors (Lipinski definition) is 2. The van der Waals surface area contributed by atoms with Crippen LogP contribution in [0.2, 0.25) is 0 Å². The Labute approximate surface area is 227 Å². The third-order valence-electron chi connectivity index (χ3n) is 6.72. The molecule has 0 spiro atoms. The van der Waals surface area contributed by atoms with Gasteiger partial charge in [-0.3, -0.25) is 19.3 Å². The van der Waals surface area contributed by atoms with Crippen LogP contribution < -0.4 is 20.3 Å². The average molecular weight is 535 g/mol. The number of methoxy groups -OCH3 is 1. The highest BCUT2D eigenvalue weighted by Gasteiger charge is 2.34. The lowest BCUT2D eigenvalue weighted by molar-refractivity contribution is -0.127. The molecule has 8 nitrogen and oxygen atoms in total. The molecule has 3 aromatic rings. The van der Waals surface area contributed by atoms with Crippen molar-refractivity contribution < 1.29 is 19.1 Å². The molecule has 1 aliphatic rings. The van der Waals surface area contributed by atoms with Gasteiger partial charge in [0.05, 0.1) is 7.11 Å². The van der Waals surface area contributed by atoms with Gasteiger partial charge < -0.3 is 15.4 Å². The number of aryl methyl sites for hydroxylation is 1. The zero-order chi connectivity index (χ0) is 26.9. The molecule has 1 saturated carbocycles. The van der Waals surface area contributed by atoms with Crippen LogP contribution in [0.15, 0.2) is 60.1 Å². The van der Waals surface area contributed by atoms with Crippen LogP contribution in [0.25, 0.3) is 0 Å². The highest BCUT2D eigenvalue weighted by atomic mass is 32.1. The first-order chi connectivity index (χ1) is 18.4. The molecule has 1 unspecified atom stereocenters. The van der Waals surface area contributed by atoms with Gasteiger partial charge in [0.15, 0.2) is 5.13 Å². The van der Waals surface area contributed by atoms with Crippen LogP contribution in [0.1, 0.15) is 62.1 Å². The van der Waals surface area contributed by atoms with Crippen molar-refractivity contribution in [1.82, 2.24) is 10.3 Å². The van der Waals surface area contributed by atoms with Crippen LogP contribution in [0.5, 0.6) is 5.75 Å². The minimum absolute atomic E-state index is 0.0274. The summed E-state index contributed by atoms with van der Waals surface area (Å²) < 4.78 is 5.31. The van der Waals surface area contributed by atoms with Gasteiger partial charge in [-0.1, -0.05) is 49.1 Å². The fraction of sp³-hybridized carbons (Fsp3) is 0.379. The molecule has 1 heterocycles. The first-order valence-corrected chi connectivity index (χ1v) is 13.8. The number of hydrogen-bond acceptors (Lipinski definition) is 6. The van der Waals surface area contributed by atoms with Crippen LogP contribution in [0.3, 0.4) is 0 Å². The van der Waals surface area contributed by atoms with Gasteiger partial charge in [-0.2, -0.15) is 0 Å². The number of amides is 3. The van der Waals surface area contributed by atoms with Crippen molar-refractivity contribution in [3.8, 4) is 5.75 Å². The van der Waals surface area contributed by atoms with Crippen molar-refractivity contribution >= 4 is 39.9 Å². The van der Waals surface area contributed by atoms with Crippen LogP contribution in [-0.2, 0) is 14.4 Å². The maximum Gasteiger partial charge on any atom is 0.248 e. The van der Waals surface area contributed by atoms with E-state index in [9.17, 15) is 14.4 Å². The molecule has 0 bridgehead atoms. The van der Waals surface area contributed by atoms with Gasteiger partial charge >= 0.3 is 0 Å². The lowest BCUT2D eigenvalue weighted by Gasteiger charge is -2.33. The molecule has 200 valence electrons. The number of anilines is 2. The SMILES string of the molecule is COc1ccc(C(C(=O)NC2CCCCC2)N(C(=O)CCC(=O)Nc2nccs2)c2ccc(C)cc2)cc1. The number of ether oxygens (including phenoxy) is 1. The summed E-state index contributed by atoms with van der Waals surface area (Å²) in [6.07, 6.45) is 6.70. The highest BCUT2D eigenvalue weighted by Crippen LogP contribution is 2.31. The number of benzene rings is 2. The second kappa shape index (κ2) is 13.2. The number of aromatic nitrogens is 1. The fourth-order valence-corrected chi connectivity index (χ4v) is 5.23. The van der Waals surface area contributed by atoms with Gasteiger partial charge in [0, 0.05) is 36.1 Å². The quantitative estimate of drug-likeness (QED) is 0.363. The van der Waals surface area contributed by atoms with Crippen molar-refractivity contribution in [1.29, 1.82) is 0 Å². The van der Waals surface area contributed by atoms with E-state index in [4.69, 9.17) is 4.74 Å². The third-order valence-corrected chi connectivity index (χ3v) is 7.40. The number of nitrogens with one attached hydrogen (secondary N) is 2. The van der Waals surface area contributed by atoms with Gasteiger partial charge in [-0.05, 0) is 49.6 Å². The van der Waals surface area contributed by atoms with Gasteiger partial charge in [-0.25, -0.2) is 4.98 Å². The van der Waals surface area contributed by atoms with E-state index in [1.165, 1.54) is 22.7 Å². The Morgan fingerprint density at radius 1 is 1.03 bits per heavy atom. The van der Waals surface area contributed by atoms with Crippen molar-refractivity contribution in [2.45, 2.75) is 64.0 Å². The molecule has 3 amide bonds. The second-order valence-electron chi connectivity index (χ2n) is 9.50. The molecule has 4 rings (SSSR count). The highest BCUT2D eigenvalue weighted by molar-refractivity contribution is 7.13. The zero-order valence-corrected chi connectivity index (χ0v) is 22.6. The zero-order valence-electron chi connectivity index (χ0n) is 21.8. The monoisotopic (exact) mass is 534 g/mol. The molecular weight excluding hydrogens is 500 g/mol. The van der Waals surface area contributed by atoms with Crippen molar-refractivity contribution in [3.63, 3.8) is 0 Å². The summed E-state index contributed by atoms with van der Waals surface area (Å²) in [5, 5.41) is 8.18. The number of thiazole rings is 1.